The van der Waals surface area contributed by atoms with Gasteiger partial charge in [0, 0.05) is 17.1 Å². The van der Waals surface area contributed by atoms with Crippen LogP contribution in [0.15, 0.2) is 54.6 Å². The normalized spacial score (nSPS) is 10.2. The molecule has 0 aliphatic rings. The summed E-state index contributed by atoms with van der Waals surface area (Å²) in [6.07, 6.45) is 0. The summed E-state index contributed by atoms with van der Waals surface area (Å²) in [7, 11) is 1.32. The molecule has 3 rings (SSSR count). The van der Waals surface area contributed by atoms with Crippen LogP contribution in [-0.4, -0.2) is 29.0 Å². The van der Waals surface area contributed by atoms with Crippen LogP contribution in [0.2, 0.25) is 0 Å². The maximum Gasteiger partial charge on any atom is 0.337 e. The summed E-state index contributed by atoms with van der Waals surface area (Å²) in [6, 6.07) is 15.8. The molecule has 2 aromatic carbocycles. The third kappa shape index (κ3) is 4.70. The van der Waals surface area contributed by atoms with Crippen LogP contribution >= 0.6 is 0 Å². The summed E-state index contributed by atoms with van der Waals surface area (Å²) in [6.45, 7) is 3.79. The van der Waals surface area contributed by atoms with Gasteiger partial charge in [-0.1, -0.05) is 12.1 Å². The van der Waals surface area contributed by atoms with E-state index in [-0.39, 0.29) is 11.6 Å². The molecule has 2 N–H and O–H groups in total. The summed E-state index contributed by atoms with van der Waals surface area (Å²) in [5.41, 5.74) is 3.79. The van der Waals surface area contributed by atoms with E-state index in [2.05, 4.69) is 25.3 Å². The van der Waals surface area contributed by atoms with Crippen LogP contribution in [0.4, 0.5) is 17.3 Å². The van der Waals surface area contributed by atoms with Crippen molar-refractivity contribution in [2.75, 3.05) is 17.7 Å². The Morgan fingerprint density at radius 1 is 0.929 bits per heavy atom. The van der Waals surface area contributed by atoms with Gasteiger partial charge in [-0.3, -0.25) is 4.79 Å². The predicted octanol–water partition coefficient (Wildman–Crippen LogP) is 3.88. The standard InChI is InChI=1S/C21H20N4O3/c1-13-5-4-6-17(11-13)24-21-22-14(2)12-18(25-21)19(26)23-16-9-7-15(8-10-16)20(27)28-3/h4-12H,1-3H3,(H,23,26)(H,22,24,25). The van der Waals surface area contributed by atoms with Gasteiger partial charge in [0.15, 0.2) is 0 Å². The number of rotatable bonds is 5. The van der Waals surface area contributed by atoms with E-state index in [1.807, 2.05) is 31.2 Å². The first-order chi connectivity index (χ1) is 13.4. The Bertz CT molecular complexity index is 1020. The number of aromatic nitrogens is 2. The molecular weight excluding hydrogens is 356 g/mol. The van der Waals surface area contributed by atoms with Crippen molar-refractivity contribution in [2.24, 2.45) is 0 Å². The van der Waals surface area contributed by atoms with Crippen molar-refractivity contribution in [3.05, 3.63) is 77.1 Å². The van der Waals surface area contributed by atoms with Gasteiger partial charge in [-0.15, -0.1) is 0 Å². The topological polar surface area (TPSA) is 93.2 Å². The highest BCUT2D eigenvalue weighted by Gasteiger charge is 2.12. The van der Waals surface area contributed by atoms with E-state index in [0.717, 1.165) is 11.3 Å². The molecule has 0 bridgehead atoms. The number of ether oxygens (including phenoxy) is 1. The molecule has 3 aromatic rings. The zero-order valence-electron chi connectivity index (χ0n) is 15.8. The van der Waals surface area contributed by atoms with Gasteiger partial charge in [-0.2, -0.15) is 0 Å². The molecule has 0 spiro atoms. The Morgan fingerprint density at radius 3 is 2.36 bits per heavy atom. The number of nitrogens with one attached hydrogen (secondary N) is 2. The first-order valence-electron chi connectivity index (χ1n) is 8.64. The lowest BCUT2D eigenvalue weighted by atomic mass is 10.2. The molecule has 28 heavy (non-hydrogen) atoms. The number of benzene rings is 2. The zero-order valence-corrected chi connectivity index (χ0v) is 15.8. The number of carbonyl (C=O) groups excluding carboxylic acids is 2. The second kappa shape index (κ2) is 8.30. The number of esters is 1. The van der Waals surface area contributed by atoms with Crippen LogP contribution in [0, 0.1) is 13.8 Å². The van der Waals surface area contributed by atoms with Crippen molar-refractivity contribution < 1.29 is 14.3 Å². The number of anilines is 3. The fourth-order valence-corrected chi connectivity index (χ4v) is 2.60. The van der Waals surface area contributed by atoms with Gasteiger partial charge in [0.05, 0.1) is 12.7 Å². The molecule has 0 aliphatic heterocycles. The van der Waals surface area contributed by atoms with Crippen molar-refractivity contribution in [3.63, 3.8) is 0 Å². The lowest BCUT2D eigenvalue weighted by molar-refractivity contribution is 0.0600. The highest BCUT2D eigenvalue weighted by Crippen LogP contribution is 2.16. The van der Waals surface area contributed by atoms with Gasteiger partial charge >= 0.3 is 5.97 Å². The molecule has 0 aliphatic carbocycles. The molecule has 0 atom stereocenters. The minimum Gasteiger partial charge on any atom is -0.465 e. The predicted molar refractivity (Wildman–Crippen MR) is 107 cm³/mol. The SMILES string of the molecule is COC(=O)c1ccc(NC(=O)c2cc(C)nc(Nc3cccc(C)c3)n2)cc1. The minimum absolute atomic E-state index is 0.236. The van der Waals surface area contributed by atoms with E-state index in [9.17, 15) is 9.59 Å². The van der Waals surface area contributed by atoms with Crippen molar-refractivity contribution in [1.82, 2.24) is 9.97 Å². The Morgan fingerprint density at radius 2 is 1.68 bits per heavy atom. The third-order valence-electron chi connectivity index (χ3n) is 3.92. The van der Waals surface area contributed by atoms with Crippen molar-refractivity contribution in [3.8, 4) is 0 Å². The Kier molecular flexibility index (Phi) is 5.64. The molecule has 0 unspecified atom stereocenters. The van der Waals surface area contributed by atoms with E-state index in [0.29, 0.717) is 22.9 Å². The van der Waals surface area contributed by atoms with Crippen LogP contribution < -0.4 is 10.6 Å². The molecule has 1 aromatic heterocycles. The van der Waals surface area contributed by atoms with Crippen molar-refractivity contribution in [2.45, 2.75) is 13.8 Å². The first kappa shape index (κ1) is 19.0. The average Bonchev–Trinajstić information content (AvgIpc) is 2.67. The Hall–Kier alpha value is -3.74. The van der Waals surface area contributed by atoms with Gasteiger partial charge in [0.2, 0.25) is 5.95 Å². The van der Waals surface area contributed by atoms with Gasteiger partial charge in [0.1, 0.15) is 5.69 Å². The Labute approximate surface area is 162 Å². The smallest absolute Gasteiger partial charge is 0.337 e. The molecule has 7 heteroatoms. The highest BCUT2D eigenvalue weighted by molar-refractivity contribution is 6.03. The van der Waals surface area contributed by atoms with Crippen molar-refractivity contribution in [1.29, 1.82) is 0 Å². The molecular formula is C21H20N4O3. The Balaban J connectivity index is 1.76. The van der Waals surface area contributed by atoms with Crippen LogP contribution in [0.5, 0.6) is 0 Å². The first-order valence-corrected chi connectivity index (χ1v) is 8.64. The third-order valence-corrected chi connectivity index (χ3v) is 3.92. The fourth-order valence-electron chi connectivity index (χ4n) is 2.60. The minimum atomic E-state index is -0.434. The summed E-state index contributed by atoms with van der Waals surface area (Å²) in [4.78, 5) is 32.7. The monoisotopic (exact) mass is 376 g/mol. The van der Waals surface area contributed by atoms with E-state index >= 15 is 0 Å². The maximum absolute atomic E-state index is 12.6. The summed E-state index contributed by atoms with van der Waals surface area (Å²) in [5.74, 6) is -0.462. The van der Waals surface area contributed by atoms with Gasteiger partial charge in [0.25, 0.3) is 5.91 Å². The number of hydrogen-bond donors (Lipinski definition) is 2. The molecule has 0 saturated carbocycles. The van der Waals surface area contributed by atoms with Crippen LogP contribution in [-0.2, 0) is 4.74 Å². The second-order valence-electron chi connectivity index (χ2n) is 6.24. The van der Waals surface area contributed by atoms with Crippen LogP contribution in [0.1, 0.15) is 32.1 Å². The summed E-state index contributed by atoms with van der Waals surface area (Å²) < 4.78 is 4.66. The highest BCUT2D eigenvalue weighted by atomic mass is 16.5. The molecule has 1 heterocycles. The van der Waals surface area contributed by atoms with E-state index in [1.165, 1.54) is 7.11 Å². The van der Waals surface area contributed by atoms with E-state index in [1.54, 1.807) is 37.3 Å². The number of methoxy groups -OCH3 is 1. The second-order valence-corrected chi connectivity index (χ2v) is 6.24. The van der Waals surface area contributed by atoms with Crippen LogP contribution in [0.3, 0.4) is 0 Å². The lowest BCUT2D eigenvalue weighted by Gasteiger charge is -2.09. The molecule has 142 valence electrons. The molecule has 0 fully saturated rings. The number of aryl methyl sites for hydroxylation is 2. The van der Waals surface area contributed by atoms with E-state index < -0.39 is 5.97 Å². The number of amides is 1. The lowest BCUT2D eigenvalue weighted by Crippen LogP contribution is -2.15. The summed E-state index contributed by atoms with van der Waals surface area (Å²) in [5, 5.41) is 5.88. The number of nitrogens with zero attached hydrogens (tertiary/aromatic N) is 2. The van der Waals surface area contributed by atoms with Gasteiger partial charge < -0.3 is 15.4 Å². The summed E-state index contributed by atoms with van der Waals surface area (Å²) >= 11 is 0. The molecule has 7 nitrogen and oxygen atoms in total. The van der Waals surface area contributed by atoms with E-state index in [4.69, 9.17) is 0 Å². The van der Waals surface area contributed by atoms with Gasteiger partial charge in [-0.25, -0.2) is 14.8 Å². The number of carbonyl (C=O) groups is 2. The van der Waals surface area contributed by atoms with Crippen molar-refractivity contribution >= 4 is 29.2 Å². The zero-order chi connectivity index (χ0) is 20.1. The molecule has 0 saturated heterocycles. The average molecular weight is 376 g/mol. The van der Waals surface area contributed by atoms with Gasteiger partial charge in [-0.05, 0) is 61.9 Å². The number of hydrogen-bond acceptors (Lipinski definition) is 6. The fraction of sp³-hybridized carbons (Fsp3) is 0.143. The largest absolute Gasteiger partial charge is 0.465 e. The van der Waals surface area contributed by atoms with Crippen LogP contribution in [0.25, 0.3) is 0 Å². The quantitative estimate of drug-likeness (QED) is 0.657. The molecule has 0 radical (unpaired) electrons. The molecule has 1 amide bonds. The maximum atomic E-state index is 12.6.